The standard InChI is InChI=1S/C9H8Br2ClNO2S/c1-6(10)5-13-16(14,15)7-2-3-9(12)8(11)4-7/h2-4,13H,1,5H2. The summed E-state index contributed by atoms with van der Waals surface area (Å²) in [5.74, 6) is 0. The number of benzene rings is 1. The average molecular weight is 389 g/mol. The fraction of sp³-hybridized carbons (Fsp3) is 0.111. The molecule has 0 fully saturated rings. The summed E-state index contributed by atoms with van der Waals surface area (Å²) < 4.78 is 27.0. The van der Waals surface area contributed by atoms with Gasteiger partial charge in [-0.05, 0) is 34.1 Å². The van der Waals surface area contributed by atoms with Gasteiger partial charge in [0.05, 0.1) is 9.92 Å². The molecule has 1 aromatic rings. The zero-order valence-electron chi connectivity index (χ0n) is 8.00. The average Bonchev–Trinajstić information content (AvgIpc) is 2.19. The molecule has 0 bridgehead atoms. The maximum atomic E-state index is 11.8. The molecule has 0 radical (unpaired) electrons. The molecular weight excluding hydrogens is 381 g/mol. The number of nitrogens with one attached hydrogen (secondary N) is 1. The van der Waals surface area contributed by atoms with E-state index in [1.807, 2.05) is 0 Å². The molecule has 1 aromatic carbocycles. The SMILES string of the molecule is C=C(Br)CNS(=O)(=O)c1ccc(Cl)c(Br)c1. The molecule has 3 nitrogen and oxygen atoms in total. The molecule has 16 heavy (non-hydrogen) atoms. The molecule has 0 aromatic heterocycles. The Morgan fingerprint density at radius 3 is 2.62 bits per heavy atom. The number of halogens is 3. The van der Waals surface area contributed by atoms with Gasteiger partial charge in [-0.2, -0.15) is 0 Å². The second-order valence-corrected chi connectivity index (χ2v) is 7.07. The van der Waals surface area contributed by atoms with Crippen LogP contribution >= 0.6 is 43.5 Å². The van der Waals surface area contributed by atoms with E-state index in [2.05, 4.69) is 43.2 Å². The molecule has 0 amide bonds. The van der Waals surface area contributed by atoms with Crippen molar-refractivity contribution in [2.45, 2.75) is 4.90 Å². The first-order chi connectivity index (χ1) is 7.33. The first-order valence-corrected chi connectivity index (χ1v) is 7.55. The summed E-state index contributed by atoms with van der Waals surface area (Å²) in [5, 5.41) is 0.462. The summed E-state index contributed by atoms with van der Waals surface area (Å²) in [6, 6.07) is 4.40. The molecule has 0 atom stereocenters. The maximum absolute atomic E-state index is 11.8. The molecule has 0 unspecified atom stereocenters. The minimum absolute atomic E-state index is 0.141. The third-order valence-electron chi connectivity index (χ3n) is 1.66. The van der Waals surface area contributed by atoms with Crippen molar-refractivity contribution < 1.29 is 8.42 Å². The summed E-state index contributed by atoms with van der Waals surface area (Å²) in [5.41, 5.74) is 0. The molecule has 88 valence electrons. The fourth-order valence-electron chi connectivity index (χ4n) is 0.901. The Labute approximate surface area is 116 Å². The predicted octanol–water partition coefficient (Wildman–Crippen LogP) is 3.29. The molecule has 0 saturated heterocycles. The van der Waals surface area contributed by atoms with E-state index in [1.54, 1.807) is 0 Å². The van der Waals surface area contributed by atoms with Crippen LogP contribution in [-0.2, 0) is 10.0 Å². The van der Waals surface area contributed by atoms with E-state index >= 15 is 0 Å². The number of rotatable bonds is 4. The topological polar surface area (TPSA) is 46.2 Å². The van der Waals surface area contributed by atoms with Crippen LogP contribution in [-0.4, -0.2) is 15.0 Å². The summed E-state index contributed by atoms with van der Waals surface area (Å²) >= 11 is 12.0. The van der Waals surface area contributed by atoms with Crippen molar-refractivity contribution in [3.63, 3.8) is 0 Å². The van der Waals surface area contributed by atoms with Gasteiger partial charge in [0.15, 0.2) is 0 Å². The molecule has 0 aliphatic carbocycles. The van der Waals surface area contributed by atoms with E-state index in [9.17, 15) is 8.42 Å². The van der Waals surface area contributed by atoms with Crippen molar-refractivity contribution in [2.75, 3.05) is 6.54 Å². The van der Waals surface area contributed by atoms with E-state index in [0.29, 0.717) is 14.0 Å². The minimum atomic E-state index is -3.52. The van der Waals surface area contributed by atoms with Crippen LogP contribution in [0.25, 0.3) is 0 Å². The smallest absolute Gasteiger partial charge is 0.207 e. The predicted molar refractivity (Wildman–Crippen MR) is 72.4 cm³/mol. The van der Waals surface area contributed by atoms with Crippen LogP contribution in [0.3, 0.4) is 0 Å². The summed E-state index contributed by atoms with van der Waals surface area (Å²) in [7, 11) is -3.52. The van der Waals surface area contributed by atoms with Crippen LogP contribution in [0.2, 0.25) is 5.02 Å². The largest absolute Gasteiger partial charge is 0.240 e. The molecule has 0 spiro atoms. The highest BCUT2D eigenvalue weighted by Gasteiger charge is 2.14. The molecule has 0 aliphatic heterocycles. The summed E-state index contributed by atoms with van der Waals surface area (Å²) in [6.45, 7) is 3.68. The van der Waals surface area contributed by atoms with E-state index in [4.69, 9.17) is 11.6 Å². The zero-order chi connectivity index (χ0) is 12.3. The lowest BCUT2D eigenvalue weighted by Gasteiger charge is -2.06. The van der Waals surface area contributed by atoms with Gasteiger partial charge in [0.2, 0.25) is 10.0 Å². The van der Waals surface area contributed by atoms with Gasteiger partial charge in [-0.15, -0.1) is 0 Å². The first-order valence-electron chi connectivity index (χ1n) is 4.11. The van der Waals surface area contributed by atoms with Gasteiger partial charge in [0, 0.05) is 15.5 Å². The summed E-state index contributed by atoms with van der Waals surface area (Å²) in [4.78, 5) is 0.150. The van der Waals surface area contributed by atoms with Crippen molar-refractivity contribution in [3.05, 3.63) is 38.8 Å². The lowest BCUT2D eigenvalue weighted by Crippen LogP contribution is -2.24. The number of sulfonamides is 1. The highest BCUT2D eigenvalue weighted by Crippen LogP contribution is 2.25. The Morgan fingerprint density at radius 1 is 1.50 bits per heavy atom. The third-order valence-corrected chi connectivity index (χ3v) is 4.55. The Hall–Kier alpha value is 0.120. The normalized spacial score (nSPS) is 11.4. The third kappa shape index (κ3) is 3.85. The monoisotopic (exact) mass is 387 g/mol. The van der Waals surface area contributed by atoms with Gasteiger partial charge < -0.3 is 0 Å². The Kier molecular flexibility index (Phi) is 5.00. The van der Waals surface area contributed by atoms with Gasteiger partial charge in [-0.25, -0.2) is 13.1 Å². The van der Waals surface area contributed by atoms with E-state index in [0.717, 1.165) is 0 Å². The quantitative estimate of drug-likeness (QED) is 0.859. The second kappa shape index (κ2) is 5.64. The highest BCUT2D eigenvalue weighted by atomic mass is 79.9. The van der Waals surface area contributed by atoms with Crippen molar-refractivity contribution in [3.8, 4) is 0 Å². The van der Waals surface area contributed by atoms with Gasteiger partial charge in [0.1, 0.15) is 0 Å². The van der Waals surface area contributed by atoms with Crippen LogP contribution < -0.4 is 4.72 Å². The van der Waals surface area contributed by atoms with Crippen LogP contribution in [0.4, 0.5) is 0 Å². The Bertz CT molecular complexity index is 516. The molecule has 0 aliphatic rings. The minimum Gasteiger partial charge on any atom is -0.207 e. The van der Waals surface area contributed by atoms with Gasteiger partial charge in [-0.1, -0.05) is 34.1 Å². The van der Waals surface area contributed by atoms with E-state index in [1.165, 1.54) is 18.2 Å². The van der Waals surface area contributed by atoms with Crippen molar-refractivity contribution in [2.24, 2.45) is 0 Å². The zero-order valence-corrected chi connectivity index (χ0v) is 12.7. The maximum Gasteiger partial charge on any atom is 0.240 e. The summed E-state index contributed by atoms with van der Waals surface area (Å²) in [6.07, 6.45) is 0. The Balaban J connectivity index is 2.99. The fourth-order valence-corrected chi connectivity index (χ4v) is 2.93. The van der Waals surface area contributed by atoms with E-state index < -0.39 is 10.0 Å². The van der Waals surface area contributed by atoms with Crippen LogP contribution in [0, 0.1) is 0 Å². The Morgan fingerprint density at radius 2 is 2.12 bits per heavy atom. The number of hydrogen-bond acceptors (Lipinski definition) is 2. The number of hydrogen-bond donors (Lipinski definition) is 1. The van der Waals surface area contributed by atoms with Crippen molar-refractivity contribution in [1.82, 2.24) is 4.72 Å². The molecule has 1 rings (SSSR count). The highest BCUT2D eigenvalue weighted by molar-refractivity contribution is 9.11. The lowest BCUT2D eigenvalue weighted by atomic mass is 10.4. The van der Waals surface area contributed by atoms with Gasteiger partial charge >= 0.3 is 0 Å². The van der Waals surface area contributed by atoms with Crippen LogP contribution in [0.1, 0.15) is 0 Å². The molecule has 0 saturated carbocycles. The van der Waals surface area contributed by atoms with Crippen molar-refractivity contribution in [1.29, 1.82) is 0 Å². The second-order valence-electron chi connectivity index (χ2n) is 2.92. The molecular formula is C9H8Br2ClNO2S. The molecule has 0 heterocycles. The molecule has 7 heteroatoms. The molecule has 1 N–H and O–H groups in total. The van der Waals surface area contributed by atoms with E-state index in [-0.39, 0.29) is 11.4 Å². The van der Waals surface area contributed by atoms with Crippen molar-refractivity contribution >= 4 is 53.5 Å². The van der Waals surface area contributed by atoms with Gasteiger partial charge in [-0.3, -0.25) is 0 Å². The lowest BCUT2D eigenvalue weighted by molar-refractivity contribution is 0.585. The van der Waals surface area contributed by atoms with Gasteiger partial charge in [0.25, 0.3) is 0 Å². The van der Waals surface area contributed by atoms with Crippen LogP contribution in [0.5, 0.6) is 0 Å². The van der Waals surface area contributed by atoms with Crippen LogP contribution in [0.15, 0.2) is 38.6 Å². The first kappa shape index (κ1) is 14.2.